The Morgan fingerprint density at radius 1 is 1.53 bits per heavy atom. The van der Waals surface area contributed by atoms with E-state index in [1.807, 2.05) is 6.92 Å². The van der Waals surface area contributed by atoms with E-state index >= 15 is 0 Å². The highest BCUT2D eigenvalue weighted by molar-refractivity contribution is 5.84. The van der Waals surface area contributed by atoms with Gasteiger partial charge < -0.3 is 14.8 Å². The molecule has 17 heavy (non-hydrogen) atoms. The highest BCUT2D eigenvalue weighted by Gasteiger charge is 2.19. The van der Waals surface area contributed by atoms with E-state index in [9.17, 15) is 9.59 Å². The third-order valence-electron chi connectivity index (χ3n) is 2.39. The Morgan fingerprint density at radius 2 is 2.29 bits per heavy atom. The van der Waals surface area contributed by atoms with Gasteiger partial charge in [-0.15, -0.1) is 0 Å². The van der Waals surface area contributed by atoms with E-state index in [-0.39, 0.29) is 12.3 Å². The highest BCUT2D eigenvalue weighted by atomic mass is 16.4. The van der Waals surface area contributed by atoms with Crippen LogP contribution in [0.3, 0.4) is 0 Å². The van der Waals surface area contributed by atoms with Crippen molar-refractivity contribution in [3.63, 3.8) is 0 Å². The largest absolute Gasteiger partial charge is 0.480 e. The summed E-state index contributed by atoms with van der Waals surface area (Å²) in [6, 6.07) is 2.56. The van der Waals surface area contributed by atoms with Crippen LogP contribution in [0.25, 0.3) is 0 Å². The molecule has 0 aliphatic carbocycles. The Balaban J connectivity index is 2.43. The average molecular weight is 239 g/mol. The standard InChI is InChI=1S/C12H17NO4/c1-2-3-6-10(12(15)16)13-11(14)8-9-5-4-7-17-9/h4-5,7,10H,2-3,6,8H2,1H3,(H,13,14)(H,15,16). The van der Waals surface area contributed by atoms with Crippen LogP contribution in [0.15, 0.2) is 22.8 Å². The average Bonchev–Trinajstić information content (AvgIpc) is 2.76. The monoisotopic (exact) mass is 239 g/mol. The van der Waals surface area contributed by atoms with E-state index in [0.717, 1.165) is 12.8 Å². The van der Waals surface area contributed by atoms with Crippen molar-refractivity contribution in [2.45, 2.75) is 38.6 Å². The lowest BCUT2D eigenvalue weighted by molar-refractivity contribution is -0.142. The van der Waals surface area contributed by atoms with Gasteiger partial charge in [0, 0.05) is 0 Å². The molecule has 0 spiro atoms. The number of carbonyl (C=O) groups excluding carboxylic acids is 1. The molecule has 94 valence electrons. The minimum Gasteiger partial charge on any atom is -0.480 e. The number of hydrogen-bond acceptors (Lipinski definition) is 3. The molecule has 1 heterocycles. The molecular weight excluding hydrogens is 222 g/mol. The van der Waals surface area contributed by atoms with Crippen LogP contribution in [0.2, 0.25) is 0 Å². The molecule has 0 bridgehead atoms. The molecule has 0 aliphatic rings. The first kappa shape index (κ1) is 13.3. The number of aliphatic carboxylic acids is 1. The first-order valence-electron chi connectivity index (χ1n) is 5.68. The molecule has 0 aromatic carbocycles. The second-order valence-corrected chi connectivity index (χ2v) is 3.86. The van der Waals surface area contributed by atoms with Crippen molar-refractivity contribution >= 4 is 11.9 Å². The topological polar surface area (TPSA) is 79.5 Å². The maximum Gasteiger partial charge on any atom is 0.326 e. The van der Waals surface area contributed by atoms with Crippen molar-refractivity contribution < 1.29 is 19.1 Å². The summed E-state index contributed by atoms with van der Waals surface area (Å²) in [6.07, 6.45) is 3.68. The molecule has 2 N–H and O–H groups in total. The Bertz CT molecular complexity index is 359. The molecule has 5 nitrogen and oxygen atoms in total. The number of furan rings is 1. The van der Waals surface area contributed by atoms with Crippen molar-refractivity contribution in [3.8, 4) is 0 Å². The van der Waals surface area contributed by atoms with Crippen LogP contribution in [0.1, 0.15) is 31.9 Å². The van der Waals surface area contributed by atoms with Crippen molar-refractivity contribution in [1.82, 2.24) is 5.32 Å². The van der Waals surface area contributed by atoms with Gasteiger partial charge in [-0.25, -0.2) is 4.79 Å². The van der Waals surface area contributed by atoms with E-state index in [2.05, 4.69) is 5.32 Å². The van der Waals surface area contributed by atoms with Gasteiger partial charge in [-0.05, 0) is 18.6 Å². The number of amides is 1. The summed E-state index contributed by atoms with van der Waals surface area (Å²) >= 11 is 0. The van der Waals surface area contributed by atoms with Crippen LogP contribution in [0, 0.1) is 0 Å². The summed E-state index contributed by atoms with van der Waals surface area (Å²) in [5.41, 5.74) is 0. The molecule has 1 aromatic rings. The minimum absolute atomic E-state index is 0.0723. The minimum atomic E-state index is -0.994. The van der Waals surface area contributed by atoms with Gasteiger partial charge in [0.1, 0.15) is 11.8 Å². The predicted molar refractivity (Wildman–Crippen MR) is 61.5 cm³/mol. The van der Waals surface area contributed by atoms with Gasteiger partial charge in [-0.1, -0.05) is 19.8 Å². The van der Waals surface area contributed by atoms with Gasteiger partial charge >= 0.3 is 5.97 Å². The fourth-order valence-corrected chi connectivity index (χ4v) is 1.48. The molecule has 1 unspecified atom stereocenters. The molecule has 0 aliphatic heterocycles. The number of nitrogens with one attached hydrogen (secondary N) is 1. The van der Waals surface area contributed by atoms with E-state index in [0.29, 0.717) is 12.2 Å². The first-order chi connectivity index (χ1) is 8.13. The van der Waals surface area contributed by atoms with Crippen LogP contribution in [-0.2, 0) is 16.0 Å². The predicted octanol–water partition coefficient (Wildman–Crippen LogP) is 1.58. The number of rotatable bonds is 7. The molecule has 0 fully saturated rings. The van der Waals surface area contributed by atoms with Crippen molar-refractivity contribution in [1.29, 1.82) is 0 Å². The quantitative estimate of drug-likeness (QED) is 0.757. The van der Waals surface area contributed by atoms with Crippen LogP contribution in [0.4, 0.5) is 0 Å². The summed E-state index contributed by atoms with van der Waals surface area (Å²) in [6.45, 7) is 1.98. The van der Waals surface area contributed by atoms with Crippen molar-refractivity contribution in [2.24, 2.45) is 0 Å². The van der Waals surface area contributed by atoms with Crippen LogP contribution in [-0.4, -0.2) is 23.0 Å². The number of carbonyl (C=O) groups is 2. The summed E-state index contributed by atoms with van der Waals surface area (Å²) in [5, 5.41) is 11.4. The highest BCUT2D eigenvalue weighted by Crippen LogP contribution is 2.04. The molecule has 5 heteroatoms. The summed E-state index contributed by atoms with van der Waals surface area (Å²) in [5.74, 6) is -0.795. The van der Waals surface area contributed by atoms with Gasteiger partial charge in [-0.3, -0.25) is 4.79 Å². The van der Waals surface area contributed by atoms with E-state index in [4.69, 9.17) is 9.52 Å². The zero-order valence-corrected chi connectivity index (χ0v) is 9.81. The molecule has 1 aromatic heterocycles. The lowest BCUT2D eigenvalue weighted by Crippen LogP contribution is -2.41. The SMILES string of the molecule is CCCCC(NC(=O)Cc1ccco1)C(=O)O. The maximum atomic E-state index is 11.6. The first-order valence-corrected chi connectivity index (χ1v) is 5.68. The summed E-state index contributed by atoms with van der Waals surface area (Å²) < 4.78 is 5.02. The third-order valence-corrected chi connectivity index (χ3v) is 2.39. The van der Waals surface area contributed by atoms with E-state index < -0.39 is 12.0 Å². The lowest BCUT2D eigenvalue weighted by Gasteiger charge is -2.13. The molecule has 1 rings (SSSR count). The Labute approximate surface area is 99.8 Å². The normalized spacial score (nSPS) is 12.1. The lowest BCUT2D eigenvalue weighted by atomic mass is 10.1. The zero-order chi connectivity index (χ0) is 12.7. The van der Waals surface area contributed by atoms with Gasteiger partial charge in [0.05, 0.1) is 12.7 Å². The number of unbranched alkanes of at least 4 members (excludes halogenated alkanes) is 1. The van der Waals surface area contributed by atoms with Crippen molar-refractivity contribution in [2.75, 3.05) is 0 Å². The van der Waals surface area contributed by atoms with Crippen LogP contribution in [0.5, 0.6) is 0 Å². The fraction of sp³-hybridized carbons (Fsp3) is 0.500. The summed E-state index contributed by atoms with van der Waals surface area (Å²) in [4.78, 5) is 22.5. The number of hydrogen-bond donors (Lipinski definition) is 2. The molecule has 1 amide bonds. The second kappa shape index (κ2) is 6.73. The van der Waals surface area contributed by atoms with Crippen LogP contribution < -0.4 is 5.32 Å². The van der Waals surface area contributed by atoms with E-state index in [1.165, 1.54) is 6.26 Å². The maximum absolute atomic E-state index is 11.6. The molecular formula is C12H17NO4. The van der Waals surface area contributed by atoms with Gasteiger partial charge in [0.2, 0.25) is 5.91 Å². The zero-order valence-electron chi connectivity index (χ0n) is 9.81. The van der Waals surface area contributed by atoms with Gasteiger partial charge in [0.25, 0.3) is 0 Å². The van der Waals surface area contributed by atoms with Gasteiger partial charge in [-0.2, -0.15) is 0 Å². The smallest absolute Gasteiger partial charge is 0.326 e. The molecule has 1 atom stereocenters. The Kier molecular flexibility index (Phi) is 5.26. The third kappa shape index (κ3) is 4.72. The van der Waals surface area contributed by atoms with Gasteiger partial charge in [0.15, 0.2) is 0 Å². The Morgan fingerprint density at radius 3 is 2.82 bits per heavy atom. The second-order valence-electron chi connectivity index (χ2n) is 3.86. The number of carboxylic acid groups (broad SMARTS) is 1. The molecule has 0 saturated heterocycles. The molecule has 0 saturated carbocycles. The fourth-order valence-electron chi connectivity index (χ4n) is 1.48. The van der Waals surface area contributed by atoms with Crippen molar-refractivity contribution in [3.05, 3.63) is 24.2 Å². The summed E-state index contributed by atoms with van der Waals surface area (Å²) in [7, 11) is 0. The Hall–Kier alpha value is -1.78. The molecule has 0 radical (unpaired) electrons. The van der Waals surface area contributed by atoms with E-state index in [1.54, 1.807) is 12.1 Å². The van der Waals surface area contributed by atoms with Crippen LogP contribution >= 0.6 is 0 Å². The number of carboxylic acids is 1.